The predicted octanol–water partition coefficient (Wildman–Crippen LogP) is 3.21. The van der Waals surface area contributed by atoms with Crippen LogP contribution in [0.3, 0.4) is 0 Å². The Kier molecular flexibility index (Phi) is 3.41. The maximum atomic E-state index is 11.1. The Labute approximate surface area is 107 Å². The van der Waals surface area contributed by atoms with Gasteiger partial charge in [-0.1, -0.05) is 32.0 Å². The first kappa shape index (κ1) is 13.1. The predicted molar refractivity (Wildman–Crippen MR) is 72.5 cm³/mol. The van der Waals surface area contributed by atoms with Crippen LogP contribution in [0.4, 0.5) is 0 Å². The van der Waals surface area contributed by atoms with Crippen LogP contribution in [0.1, 0.15) is 25.0 Å². The molecule has 2 aromatic carbocycles. The standard InChI is InChI=1S/C14H16O3S/c1-3-10-5-6-11-9-12(18(15,16)17)7-8-14(11)13(10)4-2/h5-9H,3-4H2,1-2H3,(H,15,16,17). The van der Waals surface area contributed by atoms with Gasteiger partial charge < -0.3 is 0 Å². The minimum Gasteiger partial charge on any atom is -0.282 e. The molecule has 0 bridgehead atoms. The smallest absolute Gasteiger partial charge is 0.282 e. The van der Waals surface area contributed by atoms with Gasteiger partial charge in [0.1, 0.15) is 0 Å². The molecule has 0 radical (unpaired) electrons. The molecule has 0 saturated carbocycles. The molecule has 0 amide bonds. The minimum atomic E-state index is -4.13. The molecule has 0 atom stereocenters. The fraction of sp³-hybridized carbons (Fsp3) is 0.286. The summed E-state index contributed by atoms with van der Waals surface area (Å²) < 4.78 is 31.3. The van der Waals surface area contributed by atoms with Gasteiger partial charge in [-0.2, -0.15) is 8.42 Å². The topological polar surface area (TPSA) is 54.4 Å². The van der Waals surface area contributed by atoms with Crippen LogP contribution in [0.25, 0.3) is 10.8 Å². The third kappa shape index (κ3) is 2.26. The van der Waals surface area contributed by atoms with E-state index in [1.165, 1.54) is 23.3 Å². The first-order valence-electron chi connectivity index (χ1n) is 5.99. The zero-order valence-electron chi connectivity index (χ0n) is 10.5. The van der Waals surface area contributed by atoms with Gasteiger partial charge in [-0.05, 0) is 46.9 Å². The lowest BCUT2D eigenvalue weighted by Gasteiger charge is -2.10. The summed E-state index contributed by atoms with van der Waals surface area (Å²) in [6, 6.07) is 8.67. The van der Waals surface area contributed by atoms with Crippen molar-refractivity contribution in [3.63, 3.8) is 0 Å². The largest absolute Gasteiger partial charge is 0.294 e. The highest BCUT2D eigenvalue weighted by Gasteiger charge is 2.11. The number of hydrogen-bond donors (Lipinski definition) is 1. The van der Waals surface area contributed by atoms with Gasteiger partial charge in [-0.3, -0.25) is 4.55 Å². The molecular formula is C14H16O3S. The SMILES string of the molecule is CCc1ccc2cc(S(=O)(=O)O)ccc2c1CC. The van der Waals surface area contributed by atoms with Gasteiger partial charge in [0.15, 0.2) is 0 Å². The maximum absolute atomic E-state index is 11.1. The Morgan fingerprint density at radius 1 is 1.06 bits per heavy atom. The Hall–Kier alpha value is -1.39. The third-order valence-electron chi connectivity index (χ3n) is 3.23. The number of benzene rings is 2. The molecule has 0 aliphatic rings. The summed E-state index contributed by atoms with van der Waals surface area (Å²) in [5.74, 6) is 0. The summed E-state index contributed by atoms with van der Waals surface area (Å²) >= 11 is 0. The van der Waals surface area contributed by atoms with Gasteiger partial charge in [0.05, 0.1) is 4.90 Å². The highest BCUT2D eigenvalue weighted by molar-refractivity contribution is 7.85. The van der Waals surface area contributed by atoms with Crippen molar-refractivity contribution >= 4 is 20.9 Å². The van der Waals surface area contributed by atoms with Gasteiger partial charge in [-0.15, -0.1) is 0 Å². The van der Waals surface area contributed by atoms with Crippen LogP contribution < -0.4 is 0 Å². The van der Waals surface area contributed by atoms with Crippen molar-refractivity contribution in [2.75, 3.05) is 0 Å². The average molecular weight is 264 g/mol. The monoisotopic (exact) mass is 264 g/mol. The maximum Gasteiger partial charge on any atom is 0.294 e. The van der Waals surface area contributed by atoms with Crippen molar-refractivity contribution in [2.45, 2.75) is 31.6 Å². The Morgan fingerprint density at radius 3 is 2.33 bits per heavy atom. The van der Waals surface area contributed by atoms with Gasteiger partial charge in [0.2, 0.25) is 0 Å². The van der Waals surface area contributed by atoms with E-state index in [0.29, 0.717) is 0 Å². The van der Waals surface area contributed by atoms with E-state index in [1.807, 2.05) is 12.1 Å². The lowest BCUT2D eigenvalue weighted by atomic mass is 9.96. The molecule has 18 heavy (non-hydrogen) atoms. The molecule has 0 spiro atoms. The van der Waals surface area contributed by atoms with Crippen molar-refractivity contribution in [1.82, 2.24) is 0 Å². The zero-order valence-corrected chi connectivity index (χ0v) is 11.3. The van der Waals surface area contributed by atoms with Crippen molar-refractivity contribution in [3.8, 4) is 0 Å². The lowest BCUT2D eigenvalue weighted by Crippen LogP contribution is -1.99. The molecule has 0 unspecified atom stereocenters. The highest BCUT2D eigenvalue weighted by atomic mass is 32.2. The summed E-state index contributed by atoms with van der Waals surface area (Å²) in [4.78, 5) is -0.0544. The molecule has 0 aliphatic heterocycles. The van der Waals surface area contributed by atoms with E-state index in [9.17, 15) is 8.42 Å². The van der Waals surface area contributed by atoms with E-state index in [1.54, 1.807) is 6.07 Å². The molecule has 1 N–H and O–H groups in total. The Balaban J connectivity index is 2.75. The second-order valence-electron chi connectivity index (χ2n) is 4.27. The van der Waals surface area contributed by atoms with Crippen LogP contribution in [-0.2, 0) is 23.0 Å². The molecule has 0 heterocycles. The molecular weight excluding hydrogens is 248 g/mol. The second-order valence-corrected chi connectivity index (χ2v) is 5.69. The third-order valence-corrected chi connectivity index (χ3v) is 4.08. The molecule has 3 nitrogen and oxygen atoms in total. The van der Waals surface area contributed by atoms with Gasteiger partial charge in [0, 0.05) is 0 Å². The first-order valence-corrected chi connectivity index (χ1v) is 7.43. The average Bonchev–Trinajstić information content (AvgIpc) is 2.35. The Morgan fingerprint density at radius 2 is 1.78 bits per heavy atom. The van der Waals surface area contributed by atoms with Crippen LogP contribution >= 0.6 is 0 Å². The van der Waals surface area contributed by atoms with Crippen LogP contribution in [0.15, 0.2) is 35.2 Å². The van der Waals surface area contributed by atoms with Crippen molar-refractivity contribution < 1.29 is 13.0 Å². The van der Waals surface area contributed by atoms with E-state index >= 15 is 0 Å². The highest BCUT2D eigenvalue weighted by Crippen LogP contribution is 2.26. The Bertz CT molecular complexity index is 687. The fourth-order valence-corrected chi connectivity index (χ4v) is 2.84. The molecule has 96 valence electrons. The molecule has 4 heteroatoms. The molecule has 0 saturated heterocycles. The van der Waals surface area contributed by atoms with Crippen molar-refractivity contribution in [1.29, 1.82) is 0 Å². The summed E-state index contributed by atoms with van der Waals surface area (Å²) in [5.41, 5.74) is 2.53. The summed E-state index contributed by atoms with van der Waals surface area (Å²) in [5, 5.41) is 1.91. The van der Waals surface area contributed by atoms with Gasteiger partial charge >= 0.3 is 0 Å². The van der Waals surface area contributed by atoms with E-state index < -0.39 is 10.1 Å². The minimum absolute atomic E-state index is 0.0544. The molecule has 0 aliphatic carbocycles. The number of rotatable bonds is 3. The van der Waals surface area contributed by atoms with Gasteiger partial charge in [-0.25, -0.2) is 0 Å². The van der Waals surface area contributed by atoms with Crippen molar-refractivity contribution in [2.24, 2.45) is 0 Å². The van der Waals surface area contributed by atoms with E-state index in [4.69, 9.17) is 4.55 Å². The van der Waals surface area contributed by atoms with Crippen LogP contribution in [0.5, 0.6) is 0 Å². The normalized spacial score (nSPS) is 11.9. The van der Waals surface area contributed by atoms with Crippen LogP contribution in [-0.4, -0.2) is 13.0 Å². The number of aryl methyl sites for hydroxylation is 2. The molecule has 0 aromatic heterocycles. The lowest BCUT2D eigenvalue weighted by molar-refractivity contribution is 0.483. The fourth-order valence-electron chi connectivity index (χ4n) is 2.33. The first-order chi connectivity index (χ1) is 8.47. The number of fused-ring (bicyclic) bond motifs is 1. The van der Waals surface area contributed by atoms with Gasteiger partial charge in [0.25, 0.3) is 10.1 Å². The van der Waals surface area contributed by atoms with E-state index in [0.717, 1.165) is 23.6 Å². The zero-order chi connectivity index (χ0) is 13.3. The molecule has 2 rings (SSSR count). The van der Waals surface area contributed by atoms with E-state index in [-0.39, 0.29) is 4.90 Å². The summed E-state index contributed by atoms with van der Waals surface area (Å²) in [6.45, 7) is 4.19. The quantitative estimate of drug-likeness (QED) is 0.866. The summed E-state index contributed by atoms with van der Waals surface area (Å²) in [7, 11) is -4.13. The molecule has 2 aromatic rings. The summed E-state index contributed by atoms with van der Waals surface area (Å²) in [6.07, 6.45) is 1.87. The number of hydrogen-bond acceptors (Lipinski definition) is 2. The molecule has 0 fully saturated rings. The van der Waals surface area contributed by atoms with Crippen molar-refractivity contribution in [3.05, 3.63) is 41.5 Å². The van der Waals surface area contributed by atoms with Crippen LogP contribution in [0, 0.1) is 0 Å². The van der Waals surface area contributed by atoms with Crippen LogP contribution in [0.2, 0.25) is 0 Å². The second kappa shape index (κ2) is 4.71. The van der Waals surface area contributed by atoms with E-state index in [2.05, 4.69) is 13.8 Å².